The van der Waals surface area contributed by atoms with E-state index in [2.05, 4.69) is 15.6 Å². The summed E-state index contributed by atoms with van der Waals surface area (Å²) in [5.41, 5.74) is 4.55. The molecule has 3 aromatic carbocycles. The summed E-state index contributed by atoms with van der Waals surface area (Å²) in [6, 6.07) is 24.4. The fourth-order valence-corrected chi connectivity index (χ4v) is 4.10. The molecule has 0 saturated heterocycles. The number of ether oxygens (including phenoxy) is 2. The third-order valence-electron chi connectivity index (χ3n) is 5.69. The van der Waals surface area contributed by atoms with Crippen LogP contribution in [0.4, 0.5) is 11.4 Å². The second-order valence-corrected chi connectivity index (χ2v) is 8.14. The summed E-state index contributed by atoms with van der Waals surface area (Å²) in [6.45, 7) is 1.50. The summed E-state index contributed by atoms with van der Waals surface area (Å²) in [5, 5.41) is 6.68. The molecule has 174 valence electrons. The number of benzene rings is 3. The number of aliphatic imine (C=N–C) groups is 1. The highest BCUT2D eigenvalue weighted by atomic mass is 16.5. The Balaban J connectivity index is 1.52. The van der Waals surface area contributed by atoms with Crippen LogP contribution in [0.2, 0.25) is 0 Å². The highest BCUT2D eigenvalue weighted by Crippen LogP contribution is 2.39. The van der Waals surface area contributed by atoms with Gasteiger partial charge in [-0.3, -0.25) is 4.79 Å². The van der Waals surface area contributed by atoms with Gasteiger partial charge in [-0.05, 0) is 35.4 Å². The van der Waals surface area contributed by atoms with Crippen LogP contribution in [0.5, 0.6) is 5.75 Å². The van der Waals surface area contributed by atoms with Gasteiger partial charge in [0.15, 0.2) is 0 Å². The van der Waals surface area contributed by atoms with E-state index >= 15 is 0 Å². The first-order valence-corrected chi connectivity index (χ1v) is 11.2. The van der Waals surface area contributed by atoms with Gasteiger partial charge in [-0.15, -0.1) is 0 Å². The second kappa shape index (κ2) is 9.69. The maximum atomic E-state index is 13.3. The predicted molar refractivity (Wildman–Crippen MR) is 134 cm³/mol. The van der Waals surface area contributed by atoms with Crippen molar-refractivity contribution >= 4 is 29.1 Å². The summed E-state index contributed by atoms with van der Waals surface area (Å²) in [5.74, 6) is -0.379. The lowest BCUT2D eigenvalue weighted by Crippen LogP contribution is -2.27. The molecule has 0 bridgehead atoms. The smallest absolute Gasteiger partial charge is 0.336 e. The average molecular weight is 466 g/mol. The zero-order valence-corrected chi connectivity index (χ0v) is 19.0. The van der Waals surface area contributed by atoms with Crippen LogP contribution in [0.25, 0.3) is 0 Å². The highest BCUT2D eigenvalue weighted by molar-refractivity contribution is 6.14. The van der Waals surface area contributed by atoms with Gasteiger partial charge in [0.05, 0.1) is 16.9 Å². The van der Waals surface area contributed by atoms with E-state index in [4.69, 9.17) is 9.47 Å². The van der Waals surface area contributed by atoms with E-state index in [1.54, 1.807) is 24.4 Å². The molecule has 2 N–H and O–H groups in total. The van der Waals surface area contributed by atoms with E-state index in [0.717, 1.165) is 28.1 Å². The van der Waals surface area contributed by atoms with E-state index < -0.39 is 17.9 Å². The van der Waals surface area contributed by atoms with Gasteiger partial charge in [0.25, 0.3) is 0 Å². The number of carbonyl (C=O) groups is 2. The van der Waals surface area contributed by atoms with Crippen molar-refractivity contribution < 1.29 is 19.1 Å². The SMILES string of the molecule is CC(=O)Oc1cccc([C@H]2C(C(=O)OCc3ccccc3)=CN=C3Nc4ccccc4NC=C32)c1. The van der Waals surface area contributed by atoms with Crippen LogP contribution in [0.1, 0.15) is 24.0 Å². The Morgan fingerprint density at radius 1 is 0.943 bits per heavy atom. The molecule has 2 heterocycles. The maximum absolute atomic E-state index is 13.3. The number of para-hydroxylation sites is 2. The lowest BCUT2D eigenvalue weighted by molar-refractivity contribution is -0.140. The van der Waals surface area contributed by atoms with Crippen molar-refractivity contribution in [3.63, 3.8) is 0 Å². The third-order valence-corrected chi connectivity index (χ3v) is 5.69. The first-order chi connectivity index (χ1) is 17.1. The lowest BCUT2D eigenvalue weighted by atomic mass is 9.83. The van der Waals surface area contributed by atoms with Crippen molar-refractivity contribution in [1.82, 2.24) is 0 Å². The minimum atomic E-state index is -0.504. The second-order valence-electron chi connectivity index (χ2n) is 8.14. The number of carbonyl (C=O) groups excluding carboxylic acids is 2. The van der Waals surface area contributed by atoms with Crippen molar-refractivity contribution in [3.05, 3.63) is 114 Å². The Morgan fingerprint density at radius 3 is 2.51 bits per heavy atom. The van der Waals surface area contributed by atoms with E-state index in [-0.39, 0.29) is 6.61 Å². The molecule has 0 saturated carbocycles. The fraction of sp³-hybridized carbons (Fsp3) is 0.107. The Morgan fingerprint density at radius 2 is 1.71 bits per heavy atom. The Bertz CT molecular complexity index is 1380. The molecule has 5 rings (SSSR count). The number of fused-ring (bicyclic) bond motifs is 2. The number of rotatable bonds is 5. The molecule has 7 heteroatoms. The minimum Gasteiger partial charge on any atom is -0.457 e. The standard InChI is InChI=1S/C28H23N3O4/c1-18(32)35-21-11-7-10-20(14-21)26-22-15-29-24-12-5-6-13-25(24)31-27(22)30-16-23(26)28(33)34-17-19-8-3-2-4-9-19/h2-16,26,29H,17H2,1H3,(H,30,31)/t26-/m1/s1. The molecular weight excluding hydrogens is 442 g/mol. The summed E-state index contributed by atoms with van der Waals surface area (Å²) in [4.78, 5) is 29.4. The molecular formula is C28H23N3O4. The van der Waals surface area contributed by atoms with Gasteiger partial charge in [0.2, 0.25) is 0 Å². The van der Waals surface area contributed by atoms with Crippen LogP contribution in [0, 0.1) is 0 Å². The molecule has 0 unspecified atom stereocenters. The molecule has 35 heavy (non-hydrogen) atoms. The molecule has 0 fully saturated rings. The molecule has 0 spiro atoms. The maximum Gasteiger partial charge on any atom is 0.336 e. The van der Waals surface area contributed by atoms with Crippen molar-refractivity contribution in [1.29, 1.82) is 0 Å². The number of nitrogens with zero attached hydrogens (tertiary/aromatic N) is 1. The Kier molecular flexibility index (Phi) is 6.13. The number of anilines is 2. The van der Waals surface area contributed by atoms with Gasteiger partial charge in [-0.2, -0.15) is 0 Å². The Hall–Kier alpha value is -4.65. The van der Waals surface area contributed by atoms with Gasteiger partial charge >= 0.3 is 11.9 Å². The van der Waals surface area contributed by atoms with E-state index in [0.29, 0.717) is 17.2 Å². The number of hydrogen-bond acceptors (Lipinski definition) is 7. The molecule has 0 radical (unpaired) electrons. The molecule has 2 aliphatic heterocycles. The van der Waals surface area contributed by atoms with Crippen LogP contribution in [0.3, 0.4) is 0 Å². The summed E-state index contributed by atoms with van der Waals surface area (Å²) >= 11 is 0. The molecule has 7 nitrogen and oxygen atoms in total. The van der Waals surface area contributed by atoms with Crippen LogP contribution in [-0.4, -0.2) is 17.8 Å². The van der Waals surface area contributed by atoms with E-state index in [1.165, 1.54) is 6.92 Å². The van der Waals surface area contributed by atoms with Crippen molar-refractivity contribution in [3.8, 4) is 5.75 Å². The normalized spacial score (nSPS) is 16.0. The fourth-order valence-electron chi connectivity index (χ4n) is 4.10. The van der Waals surface area contributed by atoms with Gasteiger partial charge in [0, 0.05) is 30.8 Å². The van der Waals surface area contributed by atoms with Crippen molar-refractivity contribution in [2.24, 2.45) is 4.99 Å². The molecule has 3 aromatic rings. The molecule has 0 aromatic heterocycles. The summed E-state index contributed by atoms with van der Waals surface area (Å²) < 4.78 is 11.0. The zero-order valence-electron chi connectivity index (χ0n) is 19.0. The van der Waals surface area contributed by atoms with Gasteiger partial charge in [-0.25, -0.2) is 9.79 Å². The quantitative estimate of drug-likeness (QED) is 0.400. The summed E-state index contributed by atoms with van der Waals surface area (Å²) in [7, 11) is 0. The third kappa shape index (κ3) is 4.84. The average Bonchev–Trinajstić information content (AvgIpc) is 3.06. The number of hydrogen-bond donors (Lipinski definition) is 2. The van der Waals surface area contributed by atoms with Crippen LogP contribution in [0.15, 0.2) is 107 Å². The molecule has 2 aliphatic rings. The van der Waals surface area contributed by atoms with Crippen LogP contribution in [-0.2, 0) is 20.9 Å². The van der Waals surface area contributed by atoms with Gasteiger partial charge in [0.1, 0.15) is 18.2 Å². The number of esters is 2. The van der Waals surface area contributed by atoms with Crippen molar-refractivity contribution in [2.75, 3.05) is 10.6 Å². The first kappa shape index (κ1) is 22.2. The van der Waals surface area contributed by atoms with Crippen LogP contribution >= 0.6 is 0 Å². The van der Waals surface area contributed by atoms with Gasteiger partial charge in [-0.1, -0.05) is 54.6 Å². The first-order valence-electron chi connectivity index (χ1n) is 11.2. The topological polar surface area (TPSA) is 89.0 Å². The molecule has 0 aliphatic carbocycles. The van der Waals surface area contributed by atoms with E-state index in [1.807, 2.05) is 66.9 Å². The number of amidine groups is 1. The summed E-state index contributed by atoms with van der Waals surface area (Å²) in [6.07, 6.45) is 3.39. The van der Waals surface area contributed by atoms with Gasteiger partial charge < -0.3 is 20.1 Å². The highest BCUT2D eigenvalue weighted by Gasteiger charge is 2.34. The van der Waals surface area contributed by atoms with E-state index in [9.17, 15) is 9.59 Å². The Labute approximate surface area is 202 Å². The monoisotopic (exact) mass is 465 g/mol. The van der Waals surface area contributed by atoms with Crippen LogP contribution < -0.4 is 15.4 Å². The minimum absolute atomic E-state index is 0.148. The molecule has 0 amide bonds. The predicted octanol–water partition coefficient (Wildman–Crippen LogP) is 5.16. The molecule has 1 atom stereocenters. The lowest BCUT2D eigenvalue weighted by Gasteiger charge is -2.26. The largest absolute Gasteiger partial charge is 0.457 e. The number of nitrogens with one attached hydrogen (secondary N) is 2. The van der Waals surface area contributed by atoms with Crippen molar-refractivity contribution in [2.45, 2.75) is 19.4 Å². The zero-order chi connectivity index (χ0) is 24.2.